The molecule has 1 atom stereocenters. The second-order valence-corrected chi connectivity index (χ2v) is 8.22. The van der Waals surface area contributed by atoms with Crippen LogP contribution in [0.5, 0.6) is 5.75 Å². The van der Waals surface area contributed by atoms with Crippen LogP contribution >= 0.6 is 11.3 Å². The van der Waals surface area contributed by atoms with Crippen LogP contribution in [0.1, 0.15) is 65.7 Å². The third-order valence-electron chi connectivity index (χ3n) is 5.06. The van der Waals surface area contributed by atoms with Crippen LogP contribution in [-0.2, 0) is 12.8 Å². The number of benzene rings is 1. The number of hydrazone groups is 1. The minimum Gasteiger partial charge on any atom is -0.494 e. The lowest BCUT2D eigenvalue weighted by molar-refractivity contribution is 0.0959. The highest BCUT2D eigenvalue weighted by Crippen LogP contribution is 2.33. The van der Waals surface area contributed by atoms with Gasteiger partial charge in [-0.1, -0.05) is 20.3 Å². The maximum Gasteiger partial charge on any atom is 0.281 e. The molecule has 27 heavy (non-hydrogen) atoms. The number of thiophene rings is 1. The number of ether oxygens (including phenoxy) is 1. The molecule has 1 aromatic heterocycles. The molecule has 5 heteroatoms. The van der Waals surface area contributed by atoms with Crippen molar-refractivity contribution in [3.05, 3.63) is 51.2 Å². The number of hydrogen-bond donors (Lipinski definition) is 1. The summed E-state index contributed by atoms with van der Waals surface area (Å²) in [5, 5.41) is 4.28. The number of carbonyl (C=O) groups excluding carboxylic acids is 1. The van der Waals surface area contributed by atoms with Crippen molar-refractivity contribution in [3.8, 4) is 5.75 Å². The van der Waals surface area contributed by atoms with E-state index in [-0.39, 0.29) is 5.91 Å². The highest BCUT2D eigenvalue weighted by atomic mass is 32.1. The van der Waals surface area contributed by atoms with E-state index in [4.69, 9.17) is 4.74 Å². The lowest BCUT2D eigenvalue weighted by Gasteiger charge is -2.19. The average Bonchev–Trinajstić information content (AvgIpc) is 3.13. The van der Waals surface area contributed by atoms with Gasteiger partial charge in [-0.05, 0) is 80.0 Å². The van der Waals surface area contributed by atoms with Crippen LogP contribution in [0.3, 0.4) is 0 Å². The normalized spacial score (nSPS) is 16.7. The van der Waals surface area contributed by atoms with Crippen LogP contribution in [0.25, 0.3) is 0 Å². The van der Waals surface area contributed by atoms with Gasteiger partial charge in [-0.3, -0.25) is 4.79 Å². The number of carbonyl (C=O) groups is 1. The summed E-state index contributed by atoms with van der Waals surface area (Å²) >= 11 is 1.62. The summed E-state index contributed by atoms with van der Waals surface area (Å²) in [6, 6.07) is 9.85. The van der Waals surface area contributed by atoms with E-state index in [1.165, 1.54) is 23.3 Å². The molecule has 0 saturated heterocycles. The number of nitrogens with zero attached hydrogens (tertiary/aromatic N) is 1. The van der Waals surface area contributed by atoms with E-state index in [9.17, 15) is 4.79 Å². The summed E-state index contributed by atoms with van der Waals surface area (Å²) < 4.78 is 5.59. The Bertz CT molecular complexity index is 808. The Morgan fingerprint density at radius 2 is 2.07 bits per heavy atom. The van der Waals surface area contributed by atoms with Crippen molar-refractivity contribution >= 4 is 23.0 Å². The van der Waals surface area contributed by atoms with Crippen molar-refractivity contribution in [2.75, 3.05) is 6.61 Å². The molecule has 4 nitrogen and oxygen atoms in total. The van der Waals surface area contributed by atoms with E-state index >= 15 is 0 Å². The van der Waals surface area contributed by atoms with Crippen molar-refractivity contribution in [2.24, 2.45) is 11.0 Å². The molecule has 1 aliphatic carbocycles. The topological polar surface area (TPSA) is 50.7 Å². The number of hydrogen-bond acceptors (Lipinski definition) is 4. The van der Waals surface area contributed by atoms with Crippen molar-refractivity contribution < 1.29 is 9.53 Å². The highest BCUT2D eigenvalue weighted by Gasteiger charge is 2.21. The summed E-state index contributed by atoms with van der Waals surface area (Å²) in [7, 11) is 0. The van der Waals surface area contributed by atoms with Gasteiger partial charge in [0.1, 0.15) is 5.75 Å². The van der Waals surface area contributed by atoms with Crippen LogP contribution in [0, 0.1) is 5.92 Å². The fraction of sp³-hybridized carbons (Fsp3) is 0.455. The van der Waals surface area contributed by atoms with Crippen molar-refractivity contribution in [2.45, 2.75) is 52.9 Å². The molecular formula is C22H28N2O2S. The monoisotopic (exact) mass is 384 g/mol. The first-order valence-electron chi connectivity index (χ1n) is 9.80. The fourth-order valence-corrected chi connectivity index (χ4v) is 4.42. The summed E-state index contributed by atoms with van der Waals surface area (Å²) in [4.78, 5) is 14.6. The molecule has 2 aromatic rings. The Morgan fingerprint density at radius 3 is 2.78 bits per heavy atom. The molecule has 1 N–H and O–H groups in total. The molecule has 1 aromatic carbocycles. The molecule has 0 saturated carbocycles. The summed E-state index contributed by atoms with van der Waals surface area (Å²) in [6.45, 7) is 6.94. The van der Waals surface area contributed by atoms with Gasteiger partial charge in [0.15, 0.2) is 0 Å². The first-order chi connectivity index (χ1) is 13.1. The Kier molecular flexibility index (Phi) is 6.67. The smallest absolute Gasteiger partial charge is 0.281 e. The maximum absolute atomic E-state index is 12.5. The molecule has 1 heterocycles. The Balaban J connectivity index is 1.62. The minimum atomic E-state index is -0.121. The molecule has 0 fully saturated rings. The van der Waals surface area contributed by atoms with Gasteiger partial charge in [0.25, 0.3) is 5.91 Å². The minimum absolute atomic E-state index is 0.121. The van der Waals surface area contributed by atoms with Gasteiger partial charge >= 0.3 is 0 Å². The van der Waals surface area contributed by atoms with Gasteiger partial charge in [0, 0.05) is 4.88 Å². The summed E-state index contributed by atoms with van der Waals surface area (Å²) in [5.74, 6) is 1.49. The average molecular weight is 385 g/mol. The van der Waals surface area contributed by atoms with Crippen LogP contribution in [-0.4, -0.2) is 18.2 Å². The summed E-state index contributed by atoms with van der Waals surface area (Å²) in [5.41, 5.74) is 5.81. The van der Waals surface area contributed by atoms with E-state index in [0.29, 0.717) is 6.61 Å². The molecule has 0 radical (unpaired) electrons. The van der Waals surface area contributed by atoms with Crippen molar-refractivity contribution in [1.82, 2.24) is 5.43 Å². The van der Waals surface area contributed by atoms with E-state index in [1.54, 1.807) is 11.3 Å². The standard InChI is InChI=1S/C22H28N2O2S/c1-4-12-26-19-9-7-17(8-10-19)15(3)23-24-22(25)21-14-18-13-16(5-2)6-11-20(18)27-21/h7-10,14,16H,4-6,11-13H2,1-3H3,(H,24,25)/b23-15-/t16-/m0/s1. The third kappa shape index (κ3) is 4.98. The molecule has 0 bridgehead atoms. The maximum atomic E-state index is 12.5. The molecule has 0 aliphatic heterocycles. The van der Waals surface area contributed by atoms with Gasteiger partial charge in [0.2, 0.25) is 0 Å². The zero-order valence-electron chi connectivity index (χ0n) is 16.4. The van der Waals surface area contributed by atoms with Crippen LogP contribution < -0.4 is 10.2 Å². The van der Waals surface area contributed by atoms with Gasteiger partial charge in [-0.25, -0.2) is 5.43 Å². The molecular weight excluding hydrogens is 356 g/mol. The van der Waals surface area contributed by atoms with Crippen LogP contribution in [0.4, 0.5) is 0 Å². The van der Waals surface area contributed by atoms with Crippen molar-refractivity contribution in [3.63, 3.8) is 0 Å². The lowest BCUT2D eigenvalue weighted by Crippen LogP contribution is -2.18. The van der Waals surface area contributed by atoms with Gasteiger partial charge < -0.3 is 4.74 Å². The van der Waals surface area contributed by atoms with Crippen LogP contribution in [0.2, 0.25) is 0 Å². The number of amides is 1. The van der Waals surface area contributed by atoms with E-state index in [1.807, 2.05) is 31.2 Å². The Morgan fingerprint density at radius 1 is 1.30 bits per heavy atom. The van der Waals surface area contributed by atoms with Crippen LogP contribution in [0.15, 0.2) is 35.4 Å². The predicted molar refractivity (Wildman–Crippen MR) is 112 cm³/mol. The third-order valence-corrected chi connectivity index (χ3v) is 6.29. The Labute approximate surface area is 165 Å². The largest absolute Gasteiger partial charge is 0.494 e. The second kappa shape index (κ2) is 9.18. The SMILES string of the molecule is CCCOc1ccc(/C(C)=N\NC(=O)c2cc3c(s2)CC[C@H](CC)C3)cc1. The first-order valence-corrected chi connectivity index (χ1v) is 10.6. The van der Waals surface area contributed by atoms with Gasteiger partial charge in [0.05, 0.1) is 17.2 Å². The number of rotatable bonds is 7. The van der Waals surface area contributed by atoms with E-state index in [2.05, 4.69) is 30.4 Å². The predicted octanol–water partition coefficient (Wildman–Crippen LogP) is 5.21. The van der Waals surface area contributed by atoms with Crippen molar-refractivity contribution in [1.29, 1.82) is 0 Å². The first kappa shape index (κ1) is 19.6. The lowest BCUT2D eigenvalue weighted by atomic mass is 9.87. The number of aryl methyl sites for hydroxylation is 1. The molecule has 1 aliphatic rings. The van der Waals surface area contributed by atoms with E-state index in [0.717, 1.165) is 47.1 Å². The zero-order chi connectivity index (χ0) is 19.2. The van der Waals surface area contributed by atoms with Gasteiger partial charge in [-0.2, -0.15) is 5.10 Å². The molecule has 0 spiro atoms. The van der Waals surface area contributed by atoms with E-state index < -0.39 is 0 Å². The molecule has 0 unspecified atom stereocenters. The second-order valence-electron chi connectivity index (χ2n) is 7.09. The Hall–Kier alpha value is -2.14. The number of fused-ring (bicyclic) bond motifs is 1. The molecule has 1 amide bonds. The number of nitrogens with one attached hydrogen (secondary N) is 1. The quantitative estimate of drug-likeness (QED) is 0.526. The molecule has 144 valence electrons. The fourth-order valence-electron chi connectivity index (χ4n) is 3.33. The summed E-state index contributed by atoms with van der Waals surface area (Å²) in [6.07, 6.45) is 5.63. The molecule has 3 rings (SSSR count). The van der Waals surface area contributed by atoms with Gasteiger partial charge in [-0.15, -0.1) is 11.3 Å². The zero-order valence-corrected chi connectivity index (χ0v) is 17.2. The highest BCUT2D eigenvalue weighted by molar-refractivity contribution is 7.14.